The molecule has 0 aromatic carbocycles. The third-order valence-corrected chi connectivity index (χ3v) is 3.65. The van der Waals surface area contributed by atoms with Crippen molar-refractivity contribution < 1.29 is 9.84 Å². The lowest BCUT2D eigenvalue weighted by Crippen LogP contribution is -2.53. The van der Waals surface area contributed by atoms with Crippen LogP contribution in [0.2, 0.25) is 0 Å². The first-order chi connectivity index (χ1) is 7.10. The molecular formula is C12H25NO2. The van der Waals surface area contributed by atoms with Crippen LogP contribution < -0.4 is 5.32 Å². The molecule has 3 heteroatoms. The number of rotatable bonds is 5. The van der Waals surface area contributed by atoms with Crippen molar-refractivity contribution in [1.29, 1.82) is 0 Å². The fourth-order valence-electron chi connectivity index (χ4n) is 2.32. The molecule has 3 nitrogen and oxygen atoms in total. The molecule has 0 radical (unpaired) electrons. The van der Waals surface area contributed by atoms with E-state index in [4.69, 9.17) is 4.74 Å². The van der Waals surface area contributed by atoms with Crippen LogP contribution in [0.15, 0.2) is 0 Å². The SMILES string of the molecule is CCC1CCNC(C(C)(O)CCOC)C1. The Balaban J connectivity index is 2.45. The van der Waals surface area contributed by atoms with E-state index in [1.807, 2.05) is 6.92 Å². The summed E-state index contributed by atoms with van der Waals surface area (Å²) in [4.78, 5) is 0. The van der Waals surface area contributed by atoms with Crippen molar-refractivity contribution in [3.05, 3.63) is 0 Å². The maximum Gasteiger partial charge on any atom is 0.0794 e. The largest absolute Gasteiger partial charge is 0.388 e. The predicted molar refractivity (Wildman–Crippen MR) is 61.9 cm³/mol. The van der Waals surface area contributed by atoms with Crippen LogP contribution in [0.1, 0.15) is 39.5 Å². The predicted octanol–water partition coefficient (Wildman–Crippen LogP) is 1.55. The quantitative estimate of drug-likeness (QED) is 0.731. The third kappa shape index (κ3) is 3.74. The second-order valence-corrected chi connectivity index (χ2v) is 4.91. The summed E-state index contributed by atoms with van der Waals surface area (Å²) in [5.74, 6) is 0.769. The van der Waals surface area contributed by atoms with Gasteiger partial charge in [-0.3, -0.25) is 0 Å². The summed E-state index contributed by atoms with van der Waals surface area (Å²) in [7, 11) is 1.68. The Kier molecular flexibility index (Phi) is 5.03. The molecule has 3 atom stereocenters. The Morgan fingerprint density at radius 2 is 2.27 bits per heavy atom. The van der Waals surface area contributed by atoms with E-state index in [1.54, 1.807) is 7.11 Å². The van der Waals surface area contributed by atoms with E-state index in [0.29, 0.717) is 13.0 Å². The van der Waals surface area contributed by atoms with Gasteiger partial charge in [0.05, 0.1) is 5.60 Å². The van der Waals surface area contributed by atoms with E-state index in [9.17, 15) is 5.11 Å². The van der Waals surface area contributed by atoms with Crippen molar-refractivity contribution in [2.45, 2.75) is 51.2 Å². The second kappa shape index (κ2) is 5.83. The molecule has 1 heterocycles. The topological polar surface area (TPSA) is 41.5 Å². The molecule has 0 aromatic rings. The van der Waals surface area contributed by atoms with Gasteiger partial charge in [0.25, 0.3) is 0 Å². The average molecular weight is 215 g/mol. The van der Waals surface area contributed by atoms with Crippen LogP contribution in [0.4, 0.5) is 0 Å². The van der Waals surface area contributed by atoms with E-state index < -0.39 is 5.60 Å². The van der Waals surface area contributed by atoms with Crippen LogP contribution in [0.3, 0.4) is 0 Å². The van der Waals surface area contributed by atoms with Gasteiger partial charge in [-0.1, -0.05) is 13.3 Å². The van der Waals surface area contributed by atoms with Crippen molar-refractivity contribution in [1.82, 2.24) is 5.32 Å². The molecule has 0 saturated carbocycles. The van der Waals surface area contributed by atoms with Crippen LogP contribution >= 0.6 is 0 Å². The molecule has 0 amide bonds. The van der Waals surface area contributed by atoms with Gasteiger partial charge in [-0.05, 0) is 32.2 Å². The molecule has 15 heavy (non-hydrogen) atoms. The molecule has 1 saturated heterocycles. The van der Waals surface area contributed by atoms with Gasteiger partial charge >= 0.3 is 0 Å². The lowest BCUT2D eigenvalue weighted by molar-refractivity contribution is -0.0222. The van der Waals surface area contributed by atoms with E-state index in [1.165, 1.54) is 12.8 Å². The zero-order chi connectivity index (χ0) is 11.3. The first-order valence-corrected chi connectivity index (χ1v) is 6.05. The minimum Gasteiger partial charge on any atom is -0.388 e. The highest BCUT2D eigenvalue weighted by Crippen LogP contribution is 2.27. The average Bonchev–Trinajstić information content (AvgIpc) is 2.26. The molecule has 1 aliphatic rings. The number of piperidine rings is 1. The minimum atomic E-state index is -0.635. The Morgan fingerprint density at radius 3 is 2.87 bits per heavy atom. The number of hydrogen-bond donors (Lipinski definition) is 2. The van der Waals surface area contributed by atoms with Gasteiger partial charge in [0.1, 0.15) is 0 Å². The summed E-state index contributed by atoms with van der Waals surface area (Å²) in [6.45, 7) is 5.81. The maximum atomic E-state index is 10.3. The summed E-state index contributed by atoms with van der Waals surface area (Å²) in [5.41, 5.74) is -0.635. The van der Waals surface area contributed by atoms with Crippen LogP contribution in [0.5, 0.6) is 0 Å². The van der Waals surface area contributed by atoms with E-state index >= 15 is 0 Å². The second-order valence-electron chi connectivity index (χ2n) is 4.91. The van der Waals surface area contributed by atoms with Crippen LogP contribution in [0.25, 0.3) is 0 Å². The summed E-state index contributed by atoms with van der Waals surface area (Å²) >= 11 is 0. The van der Waals surface area contributed by atoms with Gasteiger partial charge < -0.3 is 15.2 Å². The number of aliphatic hydroxyl groups is 1. The molecule has 0 aromatic heterocycles. The van der Waals surface area contributed by atoms with Gasteiger partial charge in [0, 0.05) is 26.2 Å². The third-order valence-electron chi connectivity index (χ3n) is 3.65. The van der Waals surface area contributed by atoms with E-state index in [-0.39, 0.29) is 6.04 Å². The molecule has 0 bridgehead atoms. The molecule has 90 valence electrons. The Morgan fingerprint density at radius 1 is 1.53 bits per heavy atom. The fraction of sp³-hybridized carbons (Fsp3) is 1.00. The summed E-state index contributed by atoms with van der Waals surface area (Å²) in [6.07, 6.45) is 4.26. The molecule has 1 aliphatic heterocycles. The van der Waals surface area contributed by atoms with Gasteiger partial charge in [-0.2, -0.15) is 0 Å². The molecule has 3 unspecified atom stereocenters. The first-order valence-electron chi connectivity index (χ1n) is 6.05. The molecule has 0 spiro atoms. The van der Waals surface area contributed by atoms with Crippen molar-refractivity contribution >= 4 is 0 Å². The Labute approximate surface area is 93.2 Å². The molecule has 1 rings (SSSR count). The lowest BCUT2D eigenvalue weighted by Gasteiger charge is -2.39. The van der Waals surface area contributed by atoms with Crippen LogP contribution in [-0.2, 0) is 4.74 Å². The summed E-state index contributed by atoms with van der Waals surface area (Å²) < 4.78 is 5.03. The molecular weight excluding hydrogens is 190 g/mol. The van der Waals surface area contributed by atoms with Gasteiger partial charge in [-0.15, -0.1) is 0 Å². The Bertz CT molecular complexity index is 182. The highest BCUT2D eigenvalue weighted by atomic mass is 16.5. The van der Waals surface area contributed by atoms with Crippen LogP contribution in [-0.4, -0.2) is 37.0 Å². The Hall–Kier alpha value is -0.120. The summed E-state index contributed by atoms with van der Waals surface area (Å²) in [5, 5.41) is 13.8. The summed E-state index contributed by atoms with van der Waals surface area (Å²) in [6, 6.07) is 0.228. The van der Waals surface area contributed by atoms with E-state index in [2.05, 4.69) is 12.2 Å². The van der Waals surface area contributed by atoms with Crippen molar-refractivity contribution in [3.63, 3.8) is 0 Å². The standard InChI is InChI=1S/C12H25NO2/c1-4-10-5-7-13-11(9-10)12(2,14)6-8-15-3/h10-11,13-14H,4-9H2,1-3H3. The van der Waals surface area contributed by atoms with Crippen molar-refractivity contribution in [3.8, 4) is 0 Å². The number of ether oxygens (including phenoxy) is 1. The van der Waals surface area contributed by atoms with Crippen LogP contribution in [0, 0.1) is 5.92 Å². The van der Waals surface area contributed by atoms with E-state index in [0.717, 1.165) is 18.9 Å². The fourth-order valence-corrected chi connectivity index (χ4v) is 2.32. The number of methoxy groups -OCH3 is 1. The highest BCUT2D eigenvalue weighted by Gasteiger charge is 2.34. The lowest BCUT2D eigenvalue weighted by atomic mass is 9.81. The zero-order valence-electron chi connectivity index (χ0n) is 10.3. The van der Waals surface area contributed by atoms with Gasteiger partial charge in [-0.25, -0.2) is 0 Å². The normalized spacial score (nSPS) is 31.2. The molecule has 2 N–H and O–H groups in total. The number of nitrogens with one attached hydrogen (secondary N) is 1. The van der Waals surface area contributed by atoms with Gasteiger partial charge in [0.2, 0.25) is 0 Å². The zero-order valence-corrected chi connectivity index (χ0v) is 10.3. The smallest absolute Gasteiger partial charge is 0.0794 e. The number of hydrogen-bond acceptors (Lipinski definition) is 3. The maximum absolute atomic E-state index is 10.3. The van der Waals surface area contributed by atoms with Crippen molar-refractivity contribution in [2.75, 3.05) is 20.3 Å². The minimum absolute atomic E-state index is 0.228. The highest BCUT2D eigenvalue weighted by molar-refractivity contribution is 4.91. The monoisotopic (exact) mass is 215 g/mol. The first kappa shape index (κ1) is 12.9. The van der Waals surface area contributed by atoms with Crippen molar-refractivity contribution in [2.24, 2.45) is 5.92 Å². The molecule has 1 fully saturated rings. The molecule has 0 aliphatic carbocycles. The van der Waals surface area contributed by atoms with Gasteiger partial charge in [0.15, 0.2) is 0 Å².